The van der Waals surface area contributed by atoms with Crippen molar-refractivity contribution in [3.63, 3.8) is 0 Å². The maximum Gasteiger partial charge on any atom is 0.262 e. The molecule has 32 heavy (non-hydrogen) atoms. The monoisotopic (exact) mass is 452 g/mol. The van der Waals surface area contributed by atoms with Gasteiger partial charge in [0.2, 0.25) is 5.91 Å². The highest BCUT2D eigenvalue weighted by Crippen LogP contribution is 2.39. The predicted molar refractivity (Wildman–Crippen MR) is 128 cm³/mol. The number of carbonyl (C=O) groups excluding carboxylic acids is 1. The lowest BCUT2D eigenvalue weighted by atomic mass is 9.78. The van der Waals surface area contributed by atoms with Crippen LogP contribution in [0.4, 0.5) is 0 Å². The molecule has 2 aliphatic rings. The standard InChI is InChI=1S/C25H32N4O2S/c1-17-9-8-12-21(18(17)2)29-23(31)19-10-4-5-11-20(19)27-24(29)32-15-22(30)28-25(16-26)13-6-3-7-14-25/h4-5,10-11,17-18,21H,3,6-9,12-15H2,1-2H3,(H,28,30). The van der Waals surface area contributed by atoms with Gasteiger partial charge in [-0.25, -0.2) is 4.98 Å². The van der Waals surface area contributed by atoms with Crippen LogP contribution in [-0.2, 0) is 4.79 Å². The van der Waals surface area contributed by atoms with E-state index in [9.17, 15) is 14.9 Å². The molecule has 0 spiro atoms. The van der Waals surface area contributed by atoms with Crippen molar-refractivity contribution in [3.8, 4) is 6.07 Å². The van der Waals surface area contributed by atoms with Gasteiger partial charge in [0.25, 0.3) is 5.56 Å². The molecule has 2 aliphatic carbocycles. The average Bonchev–Trinajstić information content (AvgIpc) is 2.81. The average molecular weight is 453 g/mol. The lowest BCUT2D eigenvalue weighted by Gasteiger charge is -2.36. The Morgan fingerprint density at radius 2 is 1.97 bits per heavy atom. The van der Waals surface area contributed by atoms with Gasteiger partial charge in [0, 0.05) is 6.04 Å². The van der Waals surface area contributed by atoms with Crippen LogP contribution in [0.1, 0.15) is 71.3 Å². The summed E-state index contributed by atoms with van der Waals surface area (Å²) in [5.74, 6) is 0.874. The highest BCUT2D eigenvalue weighted by atomic mass is 32.2. The molecule has 6 nitrogen and oxygen atoms in total. The van der Waals surface area contributed by atoms with Gasteiger partial charge in [0.1, 0.15) is 5.54 Å². The van der Waals surface area contributed by atoms with Gasteiger partial charge in [-0.15, -0.1) is 0 Å². The van der Waals surface area contributed by atoms with Crippen LogP contribution in [0.3, 0.4) is 0 Å². The van der Waals surface area contributed by atoms with Crippen LogP contribution in [0, 0.1) is 23.2 Å². The number of nitrogens with zero attached hydrogens (tertiary/aromatic N) is 3. The van der Waals surface area contributed by atoms with Crippen molar-refractivity contribution >= 4 is 28.6 Å². The molecule has 2 aromatic rings. The zero-order chi connectivity index (χ0) is 22.7. The van der Waals surface area contributed by atoms with Crippen LogP contribution < -0.4 is 10.9 Å². The Balaban J connectivity index is 1.62. The highest BCUT2D eigenvalue weighted by molar-refractivity contribution is 7.99. The second kappa shape index (κ2) is 9.66. The fraction of sp³-hybridized carbons (Fsp3) is 0.600. The van der Waals surface area contributed by atoms with Crippen molar-refractivity contribution in [2.45, 2.75) is 82.0 Å². The Morgan fingerprint density at radius 3 is 2.72 bits per heavy atom. The molecule has 0 bridgehead atoms. The normalized spacial score (nSPS) is 25.2. The summed E-state index contributed by atoms with van der Waals surface area (Å²) >= 11 is 1.31. The summed E-state index contributed by atoms with van der Waals surface area (Å²) < 4.78 is 1.85. The van der Waals surface area contributed by atoms with Crippen LogP contribution in [0.25, 0.3) is 10.9 Å². The molecule has 0 aliphatic heterocycles. The summed E-state index contributed by atoms with van der Waals surface area (Å²) in [6.07, 6.45) is 7.66. The molecular weight excluding hydrogens is 420 g/mol. The van der Waals surface area contributed by atoms with E-state index in [0.717, 1.165) is 32.1 Å². The summed E-state index contributed by atoms with van der Waals surface area (Å²) in [5.41, 5.74) is -0.112. The molecule has 1 amide bonds. The van der Waals surface area contributed by atoms with Crippen molar-refractivity contribution in [2.24, 2.45) is 11.8 Å². The Hall–Kier alpha value is -2.33. The number of thioether (sulfide) groups is 1. The molecule has 1 aromatic heterocycles. The maximum absolute atomic E-state index is 13.5. The number of nitriles is 1. The molecule has 1 heterocycles. The van der Waals surface area contributed by atoms with E-state index < -0.39 is 5.54 Å². The number of aromatic nitrogens is 2. The molecule has 4 rings (SSSR count). The first-order chi connectivity index (χ1) is 15.4. The zero-order valence-corrected chi connectivity index (χ0v) is 19.8. The highest BCUT2D eigenvalue weighted by Gasteiger charge is 2.34. The second-order valence-electron chi connectivity index (χ2n) is 9.51. The van der Waals surface area contributed by atoms with Crippen LogP contribution in [0.5, 0.6) is 0 Å². The third-order valence-electron chi connectivity index (χ3n) is 7.40. The summed E-state index contributed by atoms with van der Waals surface area (Å²) in [7, 11) is 0. The van der Waals surface area contributed by atoms with Gasteiger partial charge in [-0.3, -0.25) is 14.2 Å². The lowest BCUT2D eigenvalue weighted by molar-refractivity contribution is -0.120. The van der Waals surface area contributed by atoms with Crippen molar-refractivity contribution < 1.29 is 4.79 Å². The SMILES string of the molecule is CC1CCCC(n2c(SCC(=O)NC3(C#N)CCCCC3)nc3ccccc3c2=O)C1C. The Kier molecular flexibility index (Phi) is 6.90. The molecule has 7 heteroatoms. The number of hydrogen-bond acceptors (Lipinski definition) is 5. The van der Waals surface area contributed by atoms with Crippen molar-refractivity contribution in [3.05, 3.63) is 34.6 Å². The van der Waals surface area contributed by atoms with E-state index in [1.165, 1.54) is 18.2 Å². The molecule has 0 radical (unpaired) electrons. The number of para-hydroxylation sites is 1. The van der Waals surface area contributed by atoms with E-state index in [2.05, 4.69) is 25.2 Å². The molecule has 0 saturated heterocycles. The zero-order valence-electron chi connectivity index (χ0n) is 19.0. The van der Waals surface area contributed by atoms with Crippen LogP contribution in [0.2, 0.25) is 0 Å². The fourth-order valence-electron chi connectivity index (χ4n) is 5.29. The van der Waals surface area contributed by atoms with Crippen molar-refractivity contribution in [2.75, 3.05) is 5.75 Å². The topological polar surface area (TPSA) is 87.8 Å². The van der Waals surface area contributed by atoms with Gasteiger partial charge >= 0.3 is 0 Å². The Labute approximate surface area is 193 Å². The van der Waals surface area contributed by atoms with Gasteiger partial charge in [0.05, 0.1) is 22.7 Å². The number of benzene rings is 1. The lowest BCUT2D eigenvalue weighted by Crippen LogP contribution is -2.49. The van der Waals surface area contributed by atoms with E-state index in [4.69, 9.17) is 4.98 Å². The minimum atomic E-state index is -0.750. The third-order valence-corrected chi connectivity index (χ3v) is 8.36. The number of nitrogens with one attached hydrogen (secondary N) is 1. The van der Waals surface area contributed by atoms with Gasteiger partial charge in [-0.2, -0.15) is 5.26 Å². The van der Waals surface area contributed by atoms with Crippen LogP contribution >= 0.6 is 11.8 Å². The third kappa shape index (κ3) is 4.56. The quantitative estimate of drug-likeness (QED) is 0.519. The molecule has 1 aromatic carbocycles. The van der Waals surface area contributed by atoms with Crippen molar-refractivity contribution in [1.29, 1.82) is 5.26 Å². The largest absolute Gasteiger partial charge is 0.337 e. The molecule has 170 valence electrons. The van der Waals surface area contributed by atoms with E-state index in [1.54, 1.807) is 0 Å². The number of carbonyl (C=O) groups is 1. The van der Waals surface area contributed by atoms with E-state index in [0.29, 0.717) is 40.7 Å². The van der Waals surface area contributed by atoms with Crippen LogP contribution in [-0.4, -0.2) is 26.8 Å². The van der Waals surface area contributed by atoms with E-state index >= 15 is 0 Å². The van der Waals surface area contributed by atoms with Gasteiger partial charge in [-0.1, -0.05) is 69.8 Å². The summed E-state index contributed by atoms with van der Waals surface area (Å²) in [4.78, 5) is 31.1. The molecule has 3 unspecified atom stereocenters. The first-order valence-corrected chi connectivity index (χ1v) is 12.8. The summed E-state index contributed by atoms with van der Waals surface area (Å²) in [6, 6.07) is 9.86. The Bertz CT molecular complexity index is 1080. The number of rotatable bonds is 5. The second-order valence-corrected chi connectivity index (χ2v) is 10.5. The first-order valence-electron chi connectivity index (χ1n) is 11.8. The molecular formula is C25H32N4O2S. The summed E-state index contributed by atoms with van der Waals surface area (Å²) in [5, 5.41) is 13.9. The fourth-order valence-corrected chi connectivity index (χ4v) is 6.14. The van der Waals surface area contributed by atoms with Gasteiger partial charge in [-0.05, 0) is 43.2 Å². The summed E-state index contributed by atoms with van der Waals surface area (Å²) in [6.45, 7) is 4.47. The molecule has 2 saturated carbocycles. The number of fused-ring (bicyclic) bond motifs is 1. The van der Waals surface area contributed by atoms with E-state index in [1.807, 2.05) is 28.8 Å². The number of hydrogen-bond donors (Lipinski definition) is 1. The minimum absolute atomic E-state index is 0.0229. The molecule has 2 fully saturated rings. The van der Waals surface area contributed by atoms with Crippen LogP contribution in [0.15, 0.2) is 34.2 Å². The molecule has 3 atom stereocenters. The minimum Gasteiger partial charge on any atom is -0.337 e. The van der Waals surface area contributed by atoms with E-state index in [-0.39, 0.29) is 23.3 Å². The maximum atomic E-state index is 13.5. The number of amides is 1. The Morgan fingerprint density at radius 1 is 1.22 bits per heavy atom. The molecule has 1 N–H and O–H groups in total. The van der Waals surface area contributed by atoms with Gasteiger partial charge < -0.3 is 5.32 Å². The van der Waals surface area contributed by atoms with Crippen molar-refractivity contribution in [1.82, 2.24) is 14.9 Å². The predicted octanol–water partition coefficient (Wildman–Crippen LogP) is 4.83. The van der Waals surface area contributed by atoms with Gasteiger partial charge in [0.15, 0.2) is 5.16 Å². The first kappa shape index (κ1) is 22.8. The smallest absolute Gasteiger partial charge is 0.262 e.